The zero-order chi connectivity index (χ0) is 21.9. The lowest BCUT2D eigenvalue weighted by Gasteiger charge is -2.55. The van der Waals surface area contributed by atoms with Crippen LogP contribution in [0.3, 0.4) is 0 Å². The predicted octanol–water partition coefficient (Wildman–Crippen LogP) is 1.55. The second-order valence-electron chi connectivity index (χ2n) is 9.81. The number of fused-ring (bicyclic) bond motifs is 2. The molecule has 5 fully saturated rings. The number of piperazine rings is 1. The highest BCUT2D eigenvalue weighted by Crippen LogP contribution is 2.40. The van der Waals surface area contributed by atoms with E-state index >= 15 is 0 Å². The monoisotopic (exact) mass is 451 g/mol. The maximum Gasteiger partial charge on any atom is 0.282 e. The third-order valence-electron chi connectivity index (χ3n) is 7.64. The quantitative estimate of drug-likeness (QED) is 0.705. The molecule has 2 bridgehead atoms. The fourth-order valence-electron chi connectivity index (χ4n) is 5.58. The van der Waals surface area contributed by atoms with E-state index in [-0.39, 0.29) is 24.0 Å². The van der Waals surface area contributed by atoms with Crippen molar-refractivity contribution in [3.63, 3.8) is 0 Å². The molecule has 4 saturated heterocycles. The maximum atomic E-state index is 13.5. The first-order valence-electron chi connectivity index (χ1n) is 11.6. The number of amides is 1. The van der Waals surface area contributed by atoms with Gasteiger partial charge in [-0.25, -0.2) is 0 Å². The number of piperidine rings is 2. The van der Waals surface area contributed by atoms with Gasteiger partial charge in [-0.05, 0) is 52.5 Å². The van der Waals surface area contributed by atoms with Crippen LogP contribution in [0.25, 0.3) is 0 Å². The average molecular weight is 452 g/mol. The van der Waals surface area contributed by atoms with E-state index in [1.54, 1.807) is 14.7 Å². The molecule has 5 aliphatic rings. The Labute approximate surface area is 184 Å². The summed E-state index contributed by atoms with van der Waals surface area (Å²) in [6.07, 6.45) is 5.19. The normalized spacial score (nSPS) is 35.0. The molecule has 1 aromatic rings. The smallest absolute Gasteiger partial charge is 0.282 e. The summed E-state index contributed by atoms with van der Waals surface area (Å²) in [5.74, 6) is 0.960. The summed E-state index contributed by atoms with van der Waals surface area (Å²) in [6.45, 7) is 5.12. The van der Waals surface area contributed by atoms with E-state index in [1.165, 1.54) is 0 Å². The number of nitrogens with zero attached hydrogens (tertiary/aromatic N) is 4. The minimum atomic E-state index is -3.52. The van der Waals surface area contributed by atoms with Gasteiger partial charge in [-0.2, -0.15) is 17.0 Å². The summed E-state index contributed by atoms with van der Waals surface area (Å²) in [4.78, 5) is 15.0. The number of carbonyl (C=O) groups excluding carboxylic acids is 1. The summed E-state index contributed by atoms with van der Waals surface area (Å²) in [5.41, 5.74) is 0.314. The average Bonchev–Trinajstić information content (AvgIpc) is 3.48. The zero-order valence-electron chi connectivity index (χ0n) is 18.5. The van der Waals surface area contributed by atoms with Gasteiger partial charge < -0.3 is 9.84 Å². The van der Waals surface area contributed by atoms with Gasteiger partial charge in [-0.3, -0.25) is 9.69 Å². The molecule has 0 aromatic carbocycles. The Balaban J connectivity index is 1.25. The van der Waals surface area contributed by atoms with E-state index in [4.69, 9.17) is 4.52 Å². The minimum absolute atomic E-state index is 0.0825. The van der Waals surface area contributed by atoms with E-state index in [1.807, 2.05) is 13.8 Å². The number of rotatable bonds is 6. The molecule has 1 aromatic heterocycles. The Morgan fingerprint density at radius 2 is 1.94 bits per heavy atom. The van der Waals surface area contributed by atoms with Gasteiger partial charge in [0, 0.05) is 55.3 Å². The number of likely N-dealkylation sites (N-methyl/N-ethyl adjacent to an activating group) is 1. The van der Waals surface area contributed by atoms with Crippen LogP contribution in [-0.2, 0) is 10.2 Å². The van der Waals surface area contributed by atoms with Gasteiger partial charge in [-0.1, -0.05) is 12.1 Å². The van der Waals surface area contributed by atoms with Crippen molar-refractivity contribution in [3.05, 3.63) is 17.5 Å². The Hall–Kier alpha value is -1.49. The van der Waals surface area contributed by atoms with Crippen LogP contribution in [0.4, 0.5) is 0 Å². The Morgan fingerprint density at radius 1 is 1.23 bits per heavy atom. The summed E-state index contributed by atoms with van der Waals surface area (Å²) >= 11 is 0. The standard InChI is InChI=1S/C21H33N5O4S/c1-4-16-8-15(22-21(27)19-10-20(30-23-19)14-5-6-14)7-13(2)26(16)31(28,29)25-11-17-9-18(12-25)24(17)3/h10,13-18H,4-9,11-12H2,1-3H3,(H,22,27)/t13-,15+,16+,17?,18?/m0/s1. The zero-order valence-corrected chi connectivity index (χ0v) is 19.3. The van der Waals surface area contributed by atoms with Crippen LogP contribution in [0.1, 0.15) is 74.5 Å². The number of nitrogens with one attached hydrogen (secondary N) is 1. The van der Waals surface area contributed by atoms with Crippen molar-refractivity contribution in [2.75, 3.05) is 20.1 Å². The third-order valence-corrected chi connectivity index (χ3v) is 9.78. The topological polar surface area (TPSA) is 99.0 Å². The van der Waals surface area contributed by atoms with Crippen LogP contribution in [0.2, 0.25) is 0 Å². The van der Waals surface area contributed by atoms with Crippen LogP contribution < -0.4 is 5.32 Å². The summed E-state index contributed by atoms with van der Waals surface area (Å²) in [7, 11) is -1.44. The molecular weight excluding hydrogens is 418 g/mol. The Bertz CT molecular complexity index is 933. The molecule has 5 atom stereocenters. The molecule has 5 heterocycles. The largest absolute Gasteiger partial charge is 0.360 e. The van der Waals surface area contributed by atoms with Crippen LogP contribution in [0.15, 0.2) is 10.6 Å². The van der Waals surface area contributed by atoms with Crippen molar-refractivity contribution in [1.82, 2.24) is 24.0 Å². The summed E-state index contributed by atoms with van der Waals surface area (Å²) in [5, 5.41) is 7.00. The van der Waals surface area contributed by atoms with E-state index in [0.29, 0.717) is 56.0 Å². The first kappa shape index (κ1) is 21.4. The van der Waals surface area contributed by atoms with Gasteiger partial charge in [0.25, 0.3) is 16.1 Å². The van der Waals surface area contributed by atoms with Crippen molar-refractivity contribution in [2.45, 2.75) is 88.5 Å². The van der Waals surface area contributed by atoms with Gasteiger partial charge in [0.2, 0.25) is 0 Å². The number of carbonyl (C=O) groups is 1. The molecule has 1 amide bonds. The fourth-order valence-corrected chi connectivity index (χ4v) is 7.72. The molecule has 2 unspecified atom stereocenters. The molecule has 6 rings (SSSR count). The number of hydrogen-bond donors (Lipinski definition) is 1. The molecule has 10 heteroatoms. The van der Waals surface area contributed by atoms with Crippen molar-refractivity contribution >= 4 is 16.1 Å². The Kier molecular flexibility index (Phi) is 5.39. The molecule has 31 heavy (non-hydrogen) atoms. The lowest BCUT2D eigenvalue weighted by Crippen LogP contribution is -2.70. The number of aromatic nitrogens is 1. The van der Waals surface area contributed by atoms with Gasteiger partial charge in [0.05, 0.1) is 0 Å². The van der Waals surface area contributed by atoms with E-state index < -0.39 is 10.2 Å². The highest BCUT2D eigenvalue weighted by atomic mass is 32.2. The highest BCUT2D eigenvalue weighted by Gasteiger charge is 2.50. The molecular formula is C21H33N5O4S. The van der Waals surface area contributed by atoms with Crippen LogP contribution in [0, 0.1) is 0 Å². The van der Waals surface area contributed by atoms with E-state index in [9.17, 15) is 13.2 Å². The molecule has 172 valence electrons. The van der Waals surface area contributed by atoms with Crippen LogP contribution >= 0.6 is 0 Å². The van der Waals surface area contributed by atoms with Crippen molar-refractivity contribution < 1.29 is 17.7 Å². The second-order valence-corrected chi connectivity index (χ2v) is 11.6. The molecule has 1 aliphatic carbocycles. The van der Waals surface area contributed by atoms with E-state index in [2.05, 4.69) is 22.4 Å². The van der Waals surface area contributed by atoms with Gasteiger partial charge >= 0.3 is 0 Å². The van der Waals surface area contributed by atoms with Crippen molar-refractivity contribution in [2.24, 2.45) is 0 Å². The molecule has 0 spiro atoms. The summed E-state index contributed by atoms with van der Waals surface area (Å²) < 4.78 is 35.8. The predicted molar refractivity (Wildman–Crippen MR) is 115 cm³/mol. The van der Waals surface area contributed by atoms with Crippen molar-refractivity contribution in [1.29, 1.82) is 0 Å². The van der Waals surface area contributed by atoms with Gasteiger partial charge in [0.15, 0.2) is 5.69 Å². The van der Waals surface area contributed by atoms with E-state index in [0.717, 1.165) is 25.0 Å². The number of hydrogen-bond acceptors (Lipinski definition) is 6. The van der Waals surface area contributed by atoms with Crippen LogP contribution in [0.5, 0.6) is 0 Å². The lowest BCUT2D eigenvalue weighted by atomic mass is 9.90. The van der Waals surface area contributed by atoms with Gasteiger partial charge in [-0.15, -0.1) is 0 Å². The molecule has 1 saturated carbocycles. The third kappa shape index (κ3) is 3.81. The summed E-state index contributed by atoms with van der Waals surface area (Å²) in [6, 6.07) is 2.03. The molecule has 4 aliphatic heterocycles. The van der Waals surface area contributed by atoms with Gasteiger partial charge in [0.1, 0.15) is 5.76 Å². The lowest BCUT2D eigenvalue weighted by molar-refractivity contribution is -0.0246. The molecule has 1 N–H and O–H groups in total. The SMILES string of the molecule is CC[C@@H]1C[C@H](NC(=O)c2cc(C3CC3)on2)C[C@H](C)N1S(=O)(=O)N1CC2CC(C1)N2C. The van der Waals surface area contributed by atoms with Crippen molar-refractivity contribution in [3.8, 4) is 0 Å². The maximum absolute atomic E-state index is 13.5. The molecule has 0 radical (unpaired) electrons. The fraction of sp³-hybridized carbons (Fsp3) is 0.810. The second kappa shape index (κ2) is 7.83. The first-order chi connectivity index (χ1) is 14.8. The minimum Gasteiger partial charge on any atom is -0.360 e. The first-order valence-corrected chi connectivity index (χ1v) is 13.0. The molecule has 9 nitrogen and oxygen atoms in total. The Morgan fingerprint density at radius 3 is 2.55 bits per heavy atom. The highest BCUT2D eigenvalue weighted by molar-refractivity contribution is 7.86. The van der Waals surface area contributed by atoms with Crippen LogP contribution in [-0.4, -0.2) is 83.3 Å².